The number of hydrogen-bond donors (Lipinski definition) is 2. The molecule has 1 aliphatic rings. The van der Waals surface area contributed by atoms with E-state index in [-0.39, 0.29) is 18.1 Å². The molecule has 0 aliphatic carbocycles. The molecule has 19 heavy (non-hydrogen) atoms. The first kappa shape index (κ1) is 14.4. The highest BCUT2D eigenvalue weighted by molar-refractivity contribution is 9.10. The van der Waals surface area contributed by atoms with Crippen molar-refractivity contribution in [3.05, 3.63) is 28.2 Å². The zero-order chi connectivity index (χ0) is 14.2. The second kappa shape index (κ2) is 5.20. The van der Waals surface area contributed by atoms with Crippen LogP contribution in [0.25, 0.3) is 0 Å². The van der Waals surface area contributed by atoms with Crippen LogP contribution in [0.1, 0.15) is 11.6 Å². The summed E-state index contributed by atoms with van der Waals surface area (Å²) in [6.45, 7) is 0.371. The van der Waals surface area contributed by atoms with E-state index in [0.717, 1.165) is 0 Å². The Morgan fingerprint density at radius 3 is 2.53 bits per heavy atom. The van der Waals surface area contributed by atoms with Gasteiger partial charge in [0.2, 0.25) is 0 Å². The summed E-state index contributed by atoms with van der Waals surface area (Å²) in [4.78, 5) is 10.9. The second-order valence-corrected chi connectivity index (χ2v) is 7.26. The van der Waals surface area contributed by atoms with Gasteiger partial charge in [0.1, 0.15) is 11.3 Å². The van der Waals surface area contributed by atoms with Gasteiger partial charge in [-0.05, 0) is 33.6 Å². The molecule has 1 fully saturated rings. The van der Waals surface area contributed by atoms with Crippen LogP contribution in [0.2, 0.25) is 0 Å². The predicted molar refractivity (Wildman–Crippen MR) is 70.5 cm³/mol. The number of carboxylic acid groups (broad SMARTS) is 1. The number of nitrogens with two attached hydrogens (primary N) is 1. The van der Waals surface area contributed by atoms with E-state index in [1.54, 1.807) is 0 Å². The van der Waals surface area contributed by atoms with E-state index in [1.165, 1.54) is 18.2 Å². The van der Waals surface area contributed by atoms with Gasteiger partial charge in [0, 0.05) is 4.47 Å². The third-order valence-corrected chi connectivity index (χ3v) is 5.97. The molecule has 2 rings (SSSR count). The molecule has 0 bridgehead atoms. The highest BCUT2D eigenvalue weighted by Gasteiger charge is 2.35. The van der Waals surface area contributed by atoms with Crippen molar-refractivity contribution >= 4 is 31.7 Å². The molecule has 104 valence electrons. The average molecular weight is 350 g/mol. The molecule has 3 N–H and O–H groups in total. The zero-order valence-electron chi connectivity index (χ0n) is 9.74. The largest absolute Gasteiger partial charge is 0.480 e. The smallest absolute Gasteiger partial charge is 0.325 e. The predicted octanol–water partition coefficient (Wildman–Crippen LogP) is 0.706. The van der Waals surface area contributed by atoms with Crippen LogP contribution in [0.4, 0.5) is 0 Å². The first-order valence-electron chi connectivity index (χ1n) is 5.43. The normalized spacial score (nSPS) is 17.8. The van der Waals surface area contributed by atoms with Crippen LogP contribution >= 0.6 is 15.9 Å². The minimum Gasteiger partial charge on any atom is -0.480 e. The first-order chi connectivity index (χ1) is 8.84. The summed E-state index contributed by atoms with van der Waals surface area (Å²) < 4.78 is 29.6. The Balaban J connectivity index is 2.37. The topological polar surface area (TPSA) is 107 Å². The van der Waals surface area contributed by atoms with Crippen LogP contribution in [0.5, 0.6) is 0 Å². The van der Waals surface area contributed by atoms with E-state index in [1.807, 2.05) is 0 Å². The van der Waals surface area contributed by atoms with E-state index >= 15 is 0 Å². The van der Waals surface area contributed by atoms with Gasteiger partial charge in [-0.2, -0.15) is 0 Å². The molecule has 8 heteroatoms. The minimum absolute atomic E-state index is 0.127. The molecule has 0 aromatic heterocycles. The molecule has 1 heterocycles. The second-order valence-electron chi connectivity index (χ2n) is 4.21. The van der Waals surface area contributed by atoms with Crippen molar-refractivity contribution in [1.29, 1.82) is 0 Å². The van der Waals surface area contributed by atoms with Crippen LogP contribution in [0, 0.1) is 0 Å². The molecular formula is C11H12BrNO5S. The number of rotatable bonds is 4. The van der Waals surface area contributed by atoms with Crippen molar-refractivity contribution in [3.8, 4) is 0 Å². The quantitative estimate of drug-likeness (QED) is 0.828. The maximum Gasteiger partial charge on any atom is 0.325 e. The lowest BCUT2D eigenvalue weighted by Crippen LogP contribution is -2.40. The number of carboxylic acids is 1. The number of sulfone groups is 1. The number of benzene rings is 1. The van der Waals surface area contributed by atoms with Crippen LogP contribution < -0.4 is 5.73 Å². The average Bonchev–Trinajstić information content (AvgIpc) is 2.24. The summed E-state index contributed by atoms with van der Waals surface area (Å²) >= 11 is 3.15. The Bertz CT molecular complexity index is 612. The first-order valence-corrected chi connectivity index (χ1v) is 7.77. The molecule has 1 atom stereocenters. The molecule has 6 nitrogen and oxygen atoms in total. The minimum atomic E-state index is -3.46. The Morgan fingerprint density at radius 1 is 1.47 bits per heavy atom. The van der Waals surface area contributed by atoms with Crippen LogP contribution in [-0.2, 0) is 19.4 Å². The van der Waals surface area contributed by atoms with Gasteiger partial charge in [-0.15, -0.1) is 0 Å². The Kier molecular flexibility index (Phi) is 3.95. The van der Waals surface area contributed by atoms with Crippen LogP contribution in [0.3, 0.4) is 0 Å². The summed E-state index contributed by atoms with van der Waals surface area (Å²) in [5.74, 6) is -1.17. The molecule has 1 saturated heterocycles. The lowest BCUT2D eigenvalue weighted by Gasteiger charge is -2.26. The van der Waals surface area contributed by atoms with Gasteiger partial charge in [-0.1, -0.05) is 6.07 Å². The molecule has 1 aliphatic heterocycles. The van der Waals surface area contributed by atoms with Crippen molar-refractivity contribution in [1.82, 2.24) is 0 Å². The summed E-state index contributed by atoms with van der Waals surface area (Å²) in [7, 11) is -3.46. The Labute approximate surface area is 118 Å². The van der Waals surface area contributed by atoms with E-state index in [4.69, 9.17) is 15.6 Å². The molecule has 0 amide bonds. The molecule has 1 unspecified atom stereocenters. The number of ether oxygens (including phenoxy) is 1. The van der Waals surface area contributed by atoms with E-state index in [9.17, 15) is 13.2 Å². The Morgan fingerprint density at radius 2 is 2.11 bits per heavy atom. The molecule has 0 spiro atoms. The van der Waals surface area contributed by atoms with E-state index < -0.39 is 27.1 Å². The van der Waals surface area contributed by atoms with Gasteiger partial charge in [-0.3, -0.25) is 4.79 Å². The van der Waals surface area contributed by atoms with Gasteiger partial charge in [0.15, 0.2) is 9.84 Å². The third-order valence-electron chi connectivity index (χ3n) is 2.93. The van der Waals surface area contributed by atoms with Gasteiger partial charge >= 0.3 is 5.97 Å². The van der Waals surface area contributed by atoms with Crippen molar-refractivity contribution in [3.63, 3.8) is 0 Å². The number of carbonyl (C=O) groups is 1. The monoisotopic (exact) mass is 349 g/mol. The number of halogens is 1. The van der Waals surface area contributed by atoms with Crippen molar-refractivity contribution in [2.45, 2.75) is 16.2 Å². The maximum absolute atomic E-state index is 12.2. The molecular weight excluding hydrogens is 338 g/mol. The molecule has 1 aromatic rings. The maximum atomic E-state index is 12.2. The third kappa shape index (κ3) is 2.66. The van der Waals surface area contributed by atoms with E-state index in [0.29, 0.717) is 10.0 Å². The van der Waals surface area contributed by atoms with E-state index in [2.05, 4.69) is 15.9 Å². The fourth-order valence-corrected chi connectivity index (χ4v) is 4.23. The summed E-state index contributed by atoms with van der Waals surface area (Å²) in [5.41, 5.74) is 5.81. The molecule has 0 radical (unpaired) electrons. The fourth-order valence-electron chi connectivity index (χ4n) is 1.66. The number of aliphatic carboxylic acids is 1. The van der Waals surface area contributed by atoms with Crippen molar-refractivity contribution < 1.29 is 23.1 Å². The van der Waals surface area contributed by atoms with Gasteiger partial charge in [-0.25, -0.2) is 8.42 Å². The van der Waals surface area contributed by atoms with Crippen molar-refractivity contribution in [2.75, 3.05) is 13.2 Å². The standard InChI is InChI=1S/C11H12BrNO5S/c12-8-3-6(10(13)11(14)15)1-2-9(8)19(16,17)7-4-18-5-7/h1-3,7,10H,4-5,13H2,(H,14,15). The summed E-state index contributed by atoms with van der Waals surface area (Å²) in [6.07, 6.45) is 0. The summed E-state index contributed by atoms with van der Waals surface area (Å²) in [5, 5.41) is 8.28. The fraction of sp³-hybridized carbons (Fsp3) is 0.364. The van der Waals surface area contributed by atoms with Crippen LogP contribution in [0.15, 0.2) is 27.6 Å². The lowest BCUT2D eigenvalue weighted by molar-refractivity contribution is -0.138. The SMILES string of the molecule is NC(C(=O)O)c1ccc(S(=O)(=O)C2COC2)c(Br)c1. The van der Waals surface area contributed by atoms with Gasteiger partial charge < -0.3 is 15.6 Å². The Hall–Kier alpha value is -0.960. The van der Waals surface area contributed by atoms with Crippen molar-refractivity contribution in [2.24, 2.45) is 5.73 Å². The van der Waals surface area contributed by atoms with Crippen LogP contribution in [-0.4, -0.2) is 38.0 Å². The highest BCUT2D eigenvalue weighted by Crippen LogP contribution is 2.30. The zero-order valence-corrected chi connectivity index (χ0v) is 12.1. The van der Waals surface area contributed by atoms with Gasteiger partial charge in [0.05, 0.1) is 18.1 Å². The lowest BCUT2D eigenvalue weighted by atomic mass is 10.1. The highest BCUT2D eigenvalue weighted by atomic mass is 79.9. The molecule has 1 aromatic carbocycles. The van der Waals surface area contributed by atoms with Gasteiger partial charge in [0.25, 0.3) is 0 Å². The number of hydrogen-bond acceptors (Lipinski definition) is 5. The molecule has 0 saturated carbocycles. The summed E-state index contributed by atoms with van der Waals surface area (Å²) in [6, 6.07) is 3.02.